The van der Waals surface area contributed by atoms with Crippen LogP contribution in [0.3, 0.4) is 0 Å². The highest BCUT2D eigenvalue weighted by molar-refractivity contribution is 7.90. The molecule has 0 rings (SSSR count). The van der Waals surface area contributed by atoms with Gasteiger partial charge in [0, 0.05) is 0 Å². The van der Waals surface area contributed by atoms with Gasteiger partial charge in [-0.15, -0.1) is 0 Å². The Bertz CT molecular complexity index is 213. The van der Waals surface area contributed by atoms with E-state index in [1.807, 2.05) is 0 Å². The van der Waals surface area contributed by atoms with Gasteiger partial charge in [-0.05, 0) is 20.8 Å². The van der Waals surface area contributed by atoms with Crippen molar-refractivity contribution in [2.45, 2.75) is 20.8 Å². The molecule has 0 saturated heterocycles. The first-order valence-corrected chi connectivity index (χ1v) is 4.47. The van der Waals surface area contributed by atoms with Crippen molar-refractivity contribution in [3.05, 3.63) is 11.0 Å². The van der Waals surface area contributed by atoms with Crippen LogP contribution < -0.4 is 0 Å². The fraction of sp³-hybridized carbons (Fsp3) is 0.667. The average Bonchev–Trinajstić information content (AvgIpc) is 1.86. The smallest absolute Gasteiger partial charge is 0.267 e. The Morgan fingerprint density at radius 1 is 1.60 bits per heavy atom. The molecular weight excluding hydrogens is 152 g/mol. The second-order valence-electron chi connectivity index (χ2n) is 1.76. The van der Waals surface area contributed by atoms with E-state index in [9.17, 15) is 8.42 Å². The molecule has 0 spiro atoms. The summed E-state index contributed by atoms with van der Waals surface area (Å²) in [6.45, 7) is 4.99. The van der Waals surface area contributed by atoms with E-state index in [2.05, 4.69) is 4.18 Å². The van der Waals surface area contributed by atoms with Gasteiger partial charge >= 0.3 is 0 Å². The molecule has 0 aromatic carbocycles. The fourth-order valence-corrected chi connectivity index (χ4v) is 1.18. The Hall–Kier alpha value is -0.350. The van der Waals surface area contributed by atoms with Crippen molar-refractivity contribution in [3.63, 3.8) is 0 Å². The number of hydrogen-bond acceptors (Lipinski definition) is 3. The molecule has 0 aliphatic heterocycles. The first kappa shape index (κ1) is 9.65. The van der Waals surface area contributed by atoms with E-state index in [0.29, 0.717) is 0 Å². The quantitative estimate of drug-likeness (QED) is 0.590. The Morgan fingerprint density at radius 3 is 2.40 bits per heavy atom. The molecule has 0 radical (unpaired) electrons. The maximum atomic E-state index is 10.9. The molecule has 0 bridgehead atoms. The van der Waals surface area contributed by atoms with Gasteiger partial charge in [-0.2, -0.15) is 8.42 Å². The van der Waals surface area contributed by atoms with Gasteiger partial charge in [0.05, 0.1) is 11.5 Å². The zero-order valence-electron chi connectivity index (χ0n) is 6.42. The zero-order chi connectivity index (χ0) is 8.20. The van der Waals surface area contributed by atoms with E-state index in [-0.39, 0.29) is 11.5 Å². The van der Waals surface area contributed by atoms with Crippen molar-refractivity contribution in [2.24, 2.45) is 0 Å². The summed E-state index contributed by atoms with van der Waals surface area (Å²) in [6, 6.07) is 0. The van der Waals surface area contributed by atoms with Gasteiger partial charge in [0.1, 0.15) is 0 Å². The Labute approximate surface area is 61.8 Å². The lowest BCUT2D eigenvalue weighted by Crippen LogP contribution is -2.05. The molecule has 0 aliphatic carbocycles. The maximum Gasteiger partial charge on any atom is 0.292 e. The fourth-order valence-electron chi connectivity index (χ4n) is 0.392. The third-order valence-corrected chi connectivity index (χ3v) is 2.64. The summed E-state index contributed by atoms with van der Waals surface area (Å²) in [5, 5.41) is 0. The Kier molecular flexibility index (Phi) is 3.60. The van der Waals surface area contributed by atoms with Crippen LogP contribution in [0.2, 0.25) is 0 Å². The highest BCUT2D eigenvalue weighted by atomic mass is 32.2. The summed E-state index contributed by atoms with van der Waals surface area (Å²) in [5.41, 5.74) is 0. The van der Waals surface area contributed by atoms with Crippen LogP contribution in [0.4, 0.5) is 0 Å². The van der Waals surface area contributed by atoms with Crippen LogP contribution >= 0.6 is 0 Å². The van der Waals surface area contributed by atoms with Gasteiger partial charge < -0.3 is 0 Å². The molecule has 0 heterocycles. The summed E-state index contributed by atoms with van der Waals surface area (Å²) in [7, 11) is -3.40. The monoisotopic (exact) mass is 164 g/mol. The van der Waals surface area contributed by atoms with Gasteiger partial charge in [-0.1, -0.05) is 6.08 Å². The van der Waals surface area contributed by atoms with Crippen molar-refractivity contribution < 1.29 is 12.6 Å². The van der Waals surface area contributed by atoms with Crippen LogP contribution in [-0.2, 0) is 14.3 Å². The summed E-state index contributed by atoms with van der Waals surface area (Å²) >= 11 is 0. The maximum absolute atomic E-state index is 10.9. The molecule has 0 aliphatic rings. The minimum atomic E-state index is -3.40. The predicted molar refractivity (Wildman–Crippen MR) is 40.0 cm³/mol. The summed E-state index contributed by atoms with van der Waals surface area (Å²) < 4.78 is 26.2. The summed E-state index contributed by atoms with van der Waals surface area (Å²) in [5.74, 6) is 0. The molecule has 0 aromatic heterocycles. The third-order valence-electron chi connectivity index (χ3n) is 1.07. The molecule has 4 heteroatoms. The molecule has 0 amide bonds. The van der Waals surface area contributed by atoms with E-state index >= 15 is 0 Å². The standard InChI is InChI=1S/C6H12O3S/c1-4-6(3)10(7,8)9-5-2/h4H,5H2,1-3H3. The normalized spacial score (nSPS) is 13.7. The van der Waals surface area contributed by atoms with E-state index in [4.69, 9.17) is 0 Å². The highest BCUT2D eigenvalue weighted by Gasteiger charge is 2.10. The van der Waals surface area contributed by atoms with Crippen LogP contribution in [0.15, 0.2) is 11.0 Å². The molecule has 0 atom stereocenters. The average molecular weight is 164 g/mol. The molecule has 0 N–H and O–H groups in total. The molecule has 60 valence electrons. The first-order valence-electron chi connectivity index (χ1n) is 3.07. The number of allylic oxidation sites excluding steroid dienone is 2. The van der Waals surface area contributed by atoms with E-state index in [1.54, 1.807) is 13.8 Å². The SMILES string of the molecule is CC=C(C)S(=O)(=O)OCC. The topological polar surface area (TPSA) is 43.4 Å². The van der Waals surface area contributed by atoms with Crippen LogP contribution in [0, 0.1) is 0 Å². The van der Waals surface area contributed by atoms with E-state index in [1.165, 1.54) is 13.0 Å². The van der Waals surface area contributed by atoms with Crippen molar-refractivity contribution >= 4 is 10.1 Å². The Morgan fingerprint density at radius 2 is 2.10 bits per heavy atom. The molecule has 0 aromatic rings. The lowest BCUT2D eigenvalue weighted by molar-refractivity contribution is 0.343. The predicted octanol–water partition coefficient (Wildman–Crippen LogP) is 1.28. The third kappa shape index (κ3) is 2.49. The highest BCUT2D eigenvalue weighted by Crippen LogP contribution is 2.06. The molecule has 0 saturated carbocycles. The number of rotatable bonds is 3. The first-order chi connectivity index (χ1) is 4.54. The van der Waals surface area contributed by atoms with Crippen molar-refractivity contribution in [3.8, 4) is 0 Å². The van der Waals surface area contributed by atoms with Crippen molar-refractivity contribution in [2.75, 3.05) is 6.61 Å². The van der Waals surface area contributed by atoms with Gasteiger partial charge in [-0.3, -0.25) is 4.18 Å². The second kappa shape index (κ2) is 3.73. The van der Waals surface area contributed by atoms with Crippen molar-refractivity contribution in [1.29, 1.82) is 0 Å². The number of hydrogen-bond donors (Lipinski definition) is 0. The van der Waals surface area contributed by atoms with Crippen LogP contribution in [0.5, 0.6) is 0 Å². The van der Waals surface area contributed by atoms with E-state index in [0.717, 1.165) is 0 Å². The van der Waals surface area contributed by atoms with Crippen LogP contribution in [0.1, 0.15) is 20.8 Å². The lowest BCUT2D eigenvalue weighted by atomic mass is 10.6. The minimum absolute atomic E-state index is 0.188. The summed E-state index contributed by atoms with van der Waals surface area (Å²) in [6.07, 6.45) is 1.50. The molecule has 3 nitrogen and oxygen atoms in total. The molecule has 0 unspecified atom stereocenters. The van der Waals surface area contributed by atoms with Crippen LogP contribution in [0.25, 0.3) is 0 Å². The van der Waals surface area contributed by atoms with Crippen molar-refractivity contribution in [1.82, 2.24) is 0 Å². The molecular formula is C6H12O3S. The van der Waals surface area contributed by atoms with Gasteiger partial charge in [-0.25, -0.2) is 0 Å². The Balaban J connectivity index is 4.43. The minimum Gasteiger partial charge on any atom is -0.267 e. The molecule has 10 heavy (non-hydrogen) atoms. The lowest BCUT2D eigenvalue weighted by Gasteiger charge is -2.00. The zero-order valence-corrected chi connectivity index (χ0v) is 7.23. The van der Waals surface area contributed by atoms with Gasteiger partial charge in [0.2, 0.25) is 0 Å². The second-order valence-corrected chi connectivity index (χ2v) is 3.55. The largest absolute Gasteiger partial charge is 0.292 e. The molecule has 0 fully saturated rings. The van der Waals surface area contributed by atoms with Gasteiger partial charge in [0.15, 0.2) is 0 Å². The van der Waals surface area contributed by atoms with E-state index < -0.39 is 10.1 Å². The van der Waals surface area contributed by atoms with Gasteiger partial charge in [0.25, 0.3) is 10.1 Å². The summed E-state index contributed by atoms with van der Waals surface area (Å²) in [4.78, 5) is 0.259. The van der Waals surface area contributed by atoms with Crippen LogP contribution in [-0.4, -0.2) is 15.0 Å².